The van der Waals surface area contributed by atoms with Crippen LogP contribution in [-0.4, -0.2) is 57.5 Å². The third kappa shape index (κ3) is 5.08. The number of thiophene rings is 1. The number of ether oxygens (including phenoxy) is 1. The number of hydrogen-bond donors (Lipinski definition) is 1. The van der Waals surface area contributed by atoms with E-state index in [1.165, 1.54) is 16.9 Å². The van der Waals surface area contributed by atoms with Gasteiger partial charge in [-0.3, -0.25) is 9.97 Å². The quantitative estimate of drug-likeness (QED) is 0.206. The van der Waals surface area contributed by atoms with Gasteiger partial charge in [0.2, 0.25) is 11.8 Å². The van der Waals surface area contributed by atoms with E-state index in [0.717, 1.165) is 65.4 Å². The minimum Gasteiger partial charge on any atom is -0.421 e. The molecule has 1 saturated heterocycles. The summed E-state index contributed by atoms with van der Waals surface area (Å²) >= 11 is 1.48. The number of nitrogens with zero attached hydrogens (tertiary/aromatic N) is 6. The average Bonchev–Trinajstić information content (AvgIpc) is 3.87. The molecule has 1 fully saturated rings. The van der Waals surface area contributed by atoms with Crippen molar-refractivity contribution in [1.29, 1.82) is 0 Å². The first kappa shape index (κ1) is 29.6. The third-order valence-corrected chi connectivity index (χ3v) is 12.5. The van der Waals surface area contributed by atoms with E-state index in [9.17, 15) is 8.42 Å². The number of rotatable bonds is 8. The molecule has 5 aromatic rings. The number of nitrogens with one attached hydrogen (secondary N) is 1. The number of aryl methyl sites for hydroxylation is 3. The number of sulfone groups is 1. The zero-order valence-electron chi connectivity index (χ0n) is 26.0. The van der Waals surface area contributed by atoms with Gasteiger partial charge in [-0.2, -0.15) is 0 Å². The summed E-state index contributed by atoms with van der Waals surface area (Å²) in [6.45, 7) is 7.35. The molecule has 5 aromatic heterocycles. The minimum atomic E-state index is -3.67. The van der Waals surface area contributed by atoms with Crippen molar-refractivity contribution in [2.24, 2.45) is 11.8 Å². The standard InChI is InChI=1S/C33H35N7O4S2/c1-17(2)21-15-46(41,42)31-28(27(33-40-39-18(3)44-33)24(37-29(21)31)7-6-19-10-12-43-14-19)26-13-25-30(45-26)32(36-16-35-25)38-23-9-8-22-20(23)5-4-11-34-22/h4-5,11,13,16-17,19,21,23H,6-10,12,14-15H2,1-3H3,(H,35,36,38)/t19?,21?,23-/m0/s1. The van der Waals surface area contributed by atoms with Gasteiger partial charge in [-0.05, 0) is 61.6 Å². The molecule has 2 aliphatic heterocycles. The van der Waals surface area contributed by atoms with Gasteiger partial charge in [0.1, 0.15) is 12.1 Å². The minimum absolute atomic E-state index is 0.0227. The SMILES string of the molecule is Cc1nnc(-c2c(CCC3CCOC3)nc3c(c2-c2cc4ncnc(N[C@H]5CCc6ncccc65)c4s2)S(=O)(=O)CC3C(C)C)o1. The molecule has 0 saturated carbocycles. The monoisotopic (exact) mass is 657 g/mol. The molecule has 0 aromatic carbocycles. The van der Waals surface area contributed by atoms with Crippen LogP contribution in [-0.2, 0) is 27.4 Å². The third-order valence-electron chi connectivity index (χ3n) is 9.51. The van der Waals surface area contributed by atoms with E-state index in [1.807, 2.05) is 18.3 Å². The van der Waals surface area contributed by atoms with Gasteiger partial charge in [0, 0.05) is 48.4 Å². The second-order valence-corrected chi connectivity index (χ2v) is 15.9. The van der Waals surface area contributed by atoms with Crippen LogP contribution in [0.1, 0.15) is 73.6 Å². The Kier molecular flexibility index (Phi) is 7.37. The lowest BCUT2D eigenvalue weighted by molar-refractivity contribution is 0.184. The van der Waals surface area contributed by atoms with Crippen molar-refractivity contribution in [3.63, 3.8) is 0 Å². The fraction of sp³-hybridized carbons (Fsp3) is 0.455. The molecule has 1 N–H and O–H groups in total. The smallest absolute Gasteiger partial charge is 0.250 e. The molecule has 0 bridgehead atoms. The fourth-order valence-corrected chi connectivity index (χ4v) is 10.5. The van der Waals surface area contributed by atoms with Crippen LogP contribution in [0.25, 0.3) is 32.1 Å². The Morgan fingerprint density at radius 3 is 2.80 bits per heavy atom. The lowest BCUT2D eigenvalue weighted by Crippen LogP contribution is -2.11. The first-order valence-corrected chi connectivity index (χ1v) is 18.4. The maximum atomic E-state index is 14.1. The maximum absolute atomic E-state index is 14.1. The van der Waals surface area contributed by atoms with Crippen molar-refractivity contribution >= 4 is 37.2 Å². The van der Waals surface area contributed by atoms with Gasteiger partial charge in [-0.1, -0.05) is 19.9 Å². The van der Waals surface area contributed by atoms with Gasteiger partial charge >= 0.3 is 0 Å². The van der Waals surface area contributed by atoms with Gasteiger partial charge in [0.05, 0.1) is 43.9 Å². The topological polar surface area (TPSA) is 146 Å². The summed E-state index contributed by atoms with van der Waals surface area (Å²) in [5, 5.41) is 12.2. The largest absolute Gasteiger partial charge is 0.421 e. The Morgan fingerprint density at radius 1 is 1.13 bits per heavy atom. The second kappa shape index (κ2) is 11.5. The lowest BCUT2D eigenvalue weighted by Gasteiger charge is -2.19. The van der Waals surface area contributed by atoms with E-state index in [1.54, 1.807) is 13.3 Å². The highest BCUT2D eigenvalue weighted by atomic mass is 32.2. The molecule has 46 heavy (non-hydrogen) atoms. The van der Waals surface area contributed by atoms with Crippen molar-refractivity contribution < 1.29 is 17.6 Å². The molecule has 3 atom stereocenters. The summed E-state index contributed by atoms with van der Waals surface area (Å²) < 4.78 is 40.7. The molecule has 238 valence electrons. The Bertz CT molecular complexity index is 2070. The van der Waals surface area contributed by atoms with E-state index in [4.69, 9.17) is 14.1 Å². The van der Waals surface area contributed by atoms with Gasteiger partial charge in [0.15, 0.2) is 9.84 Å². The molecule has 13 heteroatoms. The van der Waals surface area contributed by atoms with Crippen LogP contribution in [0.3, 0.4) is 0 Å². The van der Waals surface area contributed by atoms with Gasteiger partial charge in [0.25, 0.3) is 0 Å². The molecule has 11 nitrogen and oxygen atoms in total. The average molecular weight is 658 g/mol. The van der Waals surface area contributed by atoms with E-state index in [0.29, 0.717) is 40.9 Å². The van der Waals surface area contributed by atoms with Crippen molar-refractivity contribution in [3.8, 4) is 21.9 Å². The van der Waals surface area contributed by atoms with E-state index < -0.39 is 9.84 Å². The lowest BCUT2D eigenvalue weighted by atomic mass is 9.90. The second-order valence-electron chi connectivity index (χ2n) is 12.9. The van der Waals surface area contributed by atoms with Crippen LogP contribution in [0.2, 0.25) is 0 Å². The Morgan fingerprint density at radius 2 is 2.02 bits per heavy atom. The van der Waals surface area contributed by atoms with Crippen LogP contribution in [0.5, 0.6) is 0 Å². The molecular formula is C33H35N7O4S2. The summed E-state index contributed by atoms with van der Waals surface area (Å²) in [5.41, 5.74) is 5.61. The summed E-state index contributed by atoms with van der Waals surface area (Å²) in [4.78, 5) is 20.0. The first-order valence-electron chi connectivity index (χ1n) is 15.9. The molecule has 2 unspecified atom stereocenters. The van der Waals surface area contributed by atoms with Crippen LogP contribution in [0.4, 0.5) is 5.82 Å². The molecule has 7 heterocycles. The summed E-state index contributed by atoms with van der Waals surface area (Å²) in [7, 11) is -3.67. The molecule has 3 aliphatic rings. The maximum Gasteiger partial charge on any atom is 0.250 e. The van der Waals surface area contributed by atoms with Crippen molar-refractivity contribution in [2.45, 2.75) is 69.7 Å². The summed E-state index contributed by atoms with van der Waals surface area (Å²) in [6, 6.07) is 6.11. The van der Waals surface area contributed by atoms with Crippen LogP contribution < -0.4 is 5.32 Å². The zero-order chi connectivity index (χ0) is 31.6. The number of pyridine rings is 2. The van der Waals surface area contributed by atoms with Gasteiger partial charge < -0.3 is 14.5 Å². The first-order chi connectivity index (χ1) is 22.3. The van der Waals surface area contributed by atoms with Gasteiger partial charge in [-0.25, -0.2) is 18.4 Å². The highest BCUT2D eigenvalue weighted by Crippen LogP contribution is 2.51. The number of fused-ring (bicyclic) bond motifs is 3. The molecule has 0 amide bonds. The molecule has 1 aliphatic carbocycles. The Hall–Kier alpha value is -3.81. The summed E-state index contributed by atoms with van der Waals surface area (Å²) in [6.07, 6.45) is 7.72. The fourth-order valence-electron chi connectivity index (χ4n) is 7.12. The Balaban J connectivity index is 1.32. The number of hydrogen-bond acceptors (Lipinski definition) is 12. The normalized spacial score (nSPS) is 21.7. The highest BCUT2D eigenvalue weighted by molar-refractivity contribution is 7.92. The van der Waals surface area contributed by atoms with Crippen molar-refractivity contribution in [1.82, 2.24) is 30.1 Å². The predicted octanol–water partition coefficient (Wildman–Crippen LogP) is 6.10. The molecule has 8 rings (SSSR count). The predicted molar refractivity (Wildman–Crippen MR) is 174 cm³/mol. The van der Waals surface area contributed by atoms with Gasteiger partial charge in [-0.15, -0.1) is 21.5 Å². The van der Waals surface area contributed by atoms with Crippen LogP contribution in [0.15, 0.2) is 40.0 Å². The van der Waals surface area contributed by atoms with E-state index in [2.05, 4.69) is 50.4 Å². The van der Waals surface area contributed by atoms with Crippen molar-refractivity contribution in [2.75, 3.05) is 24.3 Å². The van der Waals surface area contributed by atoms with Crippen LogP contribution in [0, 0.1) is 18.8 Å². The van der Waals surface area contributed by atoms with E-state index in [-0.39, 0.29) is 34.4 Å². The number of anilines is 1. The Labute approximate surface area is 271 Å². The highest BCUT2D eigenvalue weighted by Gasteiger charge is 2.43. The molecular weight excluding hydrogens is 623 g/mol. The summed E-state index contributed by atoms with van der Waals surface area (Å²) in [5.74, 6) is 1.72. The van der Waals surface area contributed by atoms with Crippen LogP contribution >= 0.6 is 11.3 Å². The van der Waals surface area contributed by atoms with Crippen molar-refractivity contribution in [3.05, 3.63) is 59.3 Å². The molecule has 0 radical (unpaired) electrons. The van der Waals surface area contributed by atoms with E-state index >= 15 is 0 Å². The number of aromatic nitrogens is 6. The zero-order valence-corrected chi connectivity index (χ0v) is 27.6. The molecule has 0 spiro atoms.